The molecule has 2 rings (SSSR count). The third-order valence-corrected chi connectivity index (χ3v) is 3.88. The van der Waals surface area contributed by atoms with Crippen LogP contribution in [0.25, 0.3) is 0 Å². The lowest BCUT2D eigenvalue weighted by atomic mass is 9.95. The first-order chi connectivity index (χ1) is 6.84. The van der Waals surface area contributed by atoms with Crippen molar-refractivity contribution in [2.24, 2.45) is 11.7 Å². The Morgan fingerprint density at radius 1 is 1.00 bits per heavy atom. The van der Waals surface area contributed by atoms with Gasteiger partial charge in [0, 0.05) is 12.1 Å². The molecule has 2 heteroatoms. The van der Waals surface area contributed by atoms with Crippen LogP contribution in [0.2, 0.25) is 0 Å². The Kier molecular flexibility index (Phi) is 3.82. The van der Waals surface area contributed by atoms with E-state index in [1.165, 1.54) is 57.9 Å². The minimum Gasteiger partial charge on any atom is -0.328 e. The Morgan fingerprint density at radius 3 is 2.43 bits per heavy atom. The van der Waals surface area contributed by atoms with Crippen LogP contribution in [0.4, 0.5) is 0 Å². The maximum absolute atomic E-state index is 5.91. The van der Waals surface area contributed by atoms with Crippen LogP contribution in [0, 0.1) is 5.92 Å². The SMILES string of the molecule is NC1CCC(CNC2CCCCC2)C1. The molecule has 2 nitrogen and oxygen atoms in total. The standard InChI is InChI=1S/C12H24N2/c13-11-7-6-10(8-11)9-14-12-4-2-1-3-5-12/h10-12,14H,1-9,13H2. The minimum absolute atomic E-state index is 0.494. The first kappa shape index (κ1) is 10.4. The monoisotopic (exact) mass is 196 g/mol. The topological polar surface area (TPSA) is 38.0 Å². The van der Waals surface area contributed by atoms with Crippen LogP contribution in [0.3, 0.4) is 0 Å². The van der Waals surface area contributed by atoms with Crippen LogP contribution >= 0.6 is 0 Å². The molecule has 2 saturated carbocycles. The fraction of sp³-hybridized carbons (Fsp3) is 1.00. The number of nitrogens with two attached hydrogens (primary N) is 1. The molecular formula is C12H24N2. The normalized spacial score (nSPS) is 34.9. The lowest BCUT2D eigenvalue weighted by Crippen LogP contribution is -2.34. The van der Waals surface area contributed by atoms with Crippen LogP contribution in [-0.2, 0) is 0 Å². The van der Waals surface area contributed by atoms with E-state index in [1.807, 2.05) is 0 Å². The van der Waals surface area contributed by atoms with Crippen molar-refractivity contribution in [1.29, 1.82) is 0 Å². The second-order valence-electron chi connectivity index (χ2n) is 5.18. The summed E-state index contributed by atoms with van der Waals surface area (Å²) in [7, 11) is 0. The Labute approximate surface area is 87.6 Å². The fourth-order valence-corrected chi connectivity index (χ4v) is 2.94. The van der Waals surface area contributed by atoms with E-state index < -0.39 is 0 Å². The summed E-state index contributed by atoms with van der Waals surface area (Å²) in [6, 6.07) is 1.31. The van der Waals surface area contributed by atoms with Crippen molar-refractivity contribution in [3.63, 3.8) is 0 Å². The molecule has 0 saturated heterocycles. The number of hydrogen-bond donors (Lipinski definition) is 2. The van der Waals surface area contributed by atoms with E-state index >= 15 is 0 Å². The lowest BCUT2D eigenvalue weighted by Gasteiger charge is -2.24. The molecule has 82 valence electrons. The highest BCUT2D eigenvalue weighted by atomic mass is 14.9. The van der Waals surface area contributed by atoms with Crippen LogP contribution in [0.15, 0.2) is 0 Å². The Morgan fingerprint density at radius 2 is 1.79 bits per heavy atom. The molecule has 2 unspecified atom stereocenters. The fourth-order valence-electron chi connectivity index (χ4n) is 2.94. The predicted molar refractivity (Wildman–Crippen MR) is 60.2 cm³/mol. The first-order valence-corrected chi connectivity index (χ1v) is 6.33. The van der Waals surface area contributed by atoms with Gasteiger partial charge >= 0.3 is 0 Å². The summed E-state index contributed by atoms with van der Waals surface area (Å²) in [6.07, 6.45) is 11.0. The smallest absolute Gasteiger partial charge is 0.00671 e. The summed E-state index contributed by atoms with van der Waals surface area (Å²) in [5.41, 5.74) is 5.91. The van der Waals surface area contributed by atoms with E-state index in [2.05, 4.69) is 5.32 Å². The van der Waals surface area contributed by atoms with Crippen molar-refractivity contribution < 1.29 is 0 Å². The summed E-state index contributed by atoms with van der Waals surface area (Å²) in [5, 5.41) is 3.73. The van der Waals surface area contributed by atoms with Gasteiger partial charge in [-0.3, -0.25) is 0 Å². The average molecular weight is 196 g/mol. The van der Waals surface area contributed by atoms with Crippen LogP contribution in [0.1, 0.15) is 51.4 Å². The van der Waals surface area contributed by atoms with Gasteiger partial charge in [0.1, 0.15) is 0 Å². The third kappa shape index (κ3) is 2.96. The molecule has 2 atom stereocenters. The van der Waals surface area contributed by atoms with E-state index in [4.69, 9.17) is 5.73 Å². The Hall–Kier alpha value is -0.0800. The van der Waals surface area contributed by atoms with Gasteiger partial charge in [0.25, 0.3) is 0 Å². The summed E-state index contributed by atoms with van der Waals surface area (Å²) in [5.74, 6) is 0.868. The Bertz CT molecular complexity index is 159. The first-order valence-electron chi connectivity index (χ1n) is 6.33. The van der Waals surface area contributed by atoms with Crippen LogP contribution < -0.4 is 11.1 Å². The summed E-state index contributed by atoms with van der Waals surface area (Å²) in [4.78, 5) is 0. The molecule has 2 fully saturated rings. The second kappa shape index (κ2) is 5.13. The summed E-state index contributed by atoms with van der Waals surface area (Å²) >= 11 is 0. The Balaban J connectivity index is 1.61. The summed E-state index contributed by atoms with van der Waals surface area (Å²) in [6.45, 7) is 1.22. The molecule has 0 aromatic rings. The molecule has 0 aromatic heterocycles. The van der Waals surface area contributed by atoms with Gasteiger partial charge in [0.2, 0.25) is 0 Å². The molecule has 0 aliphatic heterocycles. The van der Waals surface area contributed by atoms with Crippen molar-refractivity contribution >= 4 is 0 Å². The zero-order valence-electron chi connectivity index (χ0n) is 9.17. The van der Waals surface area contributed by atoms with Gasteiger partial charge in [-0.1, -0.05) is 19.3 Å². The van der Waals surface area contributed by atoms with Crippen molar-refractivity contribution in [2.75, 3.05) is 6.54 Å². The van der Waals surface area contributed by atoms with E-state index in [9.17, 15) is 0 Å². The molecule has 0 bridgehead atoms. The quantitative estimate of drug-likeness (QED) is 0.725. The van der Waals surface area contributed by atoms with Crippen LogP contribution in [0.5, 0.6) is 0 Å². The van der Waals surface area contributed by atoms with Gasteiger partial charge in [-0.25, -0.2) is 0 Å². The zero-order chi connectivity index (χ0) is 9.80. The highest BCUT2D eigenvalue weighted by molar-refractivity contribution is 4.81. The number of hydrogen-bond acceptors (Lipinski definition) is 2. The van der Waals surface area contributed by atoms with Gasteiger partial charge in [-0.2, -0.15) is 0 Å². The molecular weight excluding hydrogens is 172 g/mol. The summed E-state index contributed by atoms with van der Waals surface area (Å²) < 4.78 is 0. The largest absolute Gasteiger partial charge is 0.328 e. The lowest BCUT2D eigenvalue weighted by molar-refractivity contribution is 0.346. The van der Waals surface area contributed by atoms with Gasteiger partial charge in [-0.05, 0) is 44.6 Å². The molecule has 3 N–H and O–H groups in total. The predicted octanol–water partition coefficient (Wildman–Crippen LogP) is 2.04. The molecule has 0 spiro atoms. The maximum atomic E-state index is 5.91. The molecule has 0 aromatic carbocycles. The molecule has 0 amide bonds. The molecule has 0 heterocycles. The third-order valence-electron chi connectivity index (χ3n) is 3.88. The highest BCUT2D eigenvalue weighted by Gasteiger charge is 2.22. The zero-order valence-corrected chi connectivity index (χ0v) is 9.17. The van der Waals surface area contributed by atoms with E-state index in [0.29, 0.717) is 6.04 Å². The molecule has 0 radical (unpaired) electrons. The second-order valence-corrected chi connectivity index (χ2v) is 5.18. The van der Waals surface area contributed by atoms with Crippen molar-refractivity contribution in [2.45, 2.75) is 63.5 Å². The highest BCUT2D eigenvalue weighted by Crippen LogP contribution is 2.24. The molecule has 2 aliphatic rings. The van der Waals surface area contributed by atoms with Crippen molar-refractivity contribution in [3.8, 4) is 0 Å². The molecule has 14 heavy (non-hydrogen) atoms. The van der Waals surface area contributed by atoms with Gasteiger partial charge in [-0.15, -0.1) is 0 Å². The van der Waals surface area contributed by atoms with Crippen LogP contribution in [-0.4, -0.2) is 18.6 Å². The number of rotatable bonds is 3. The van der Waals surface area contributed by atoms with E-state index in [1.54, 1.807) is 0 Å². The van der Waals surface area contributed by atoms with Gasteiger partial charge < -0.3 is 11.1 Å². The molecule has 2 aliphatic carbocycles. The van der Waals surface area contributed by atoms with E-state index in [0.717, 1.165) is 12.0 Å². The minimum atomic E-state index is 0.494. The van der Waals surface area contributed by atoms with Crippen molar-refractivity contribution in [3.05, 3.63) is 0 Å². The maximum Gasteiger partial charge on any atom is 0.00671 e. The van der Waals surface area contributed by atoms with E-state index in [-0.39, 0.29) is 0 Å². The van der Waals surface area contributed by atoms with Gasteiger partial charge in [0.15, 0.2) is 0 Å². The number of nitrogens with one attached hydrogen (secondary N) is 1. The van der Waals surface area contributed by atoms with Crippen molar-refractivity contribution in [1.82, 2.24) is 5.32 Å². The van der Waals surface area contributed by atoms with Gasteiger partial charge in [0.05, 0.1) is 0 Å². The average Bonchev–Trinajstić information content (AvgIpc) is 2.63.